The molecular weight excluding hydrogens is 306 g/mol. The highest BCUT2D eigenvalue weighted by molar-refractivity contribution is 7.88. The number of aryl methyl sites for hydroxylation is 1. The van der Waals surface area contributed by atoms with Gasteiger partial charge >= 0.3 is 0 Å². The first-order chi connectivity index (χ1) is 10.6. The molecule has 0 saturated carbocycles. The van der Waals surface area contributed by atoms with Gasteiger partial charge in [-0.15, -0.1) is 0 Å². The largest absolute Gasteiger partial charge is 0.374 e. The molecule has 1 aromatic rings. The van der Waals surface area contributed by atoms with Gasteiger partial charge in [-0.05, 0) is 25.3 Å². The van der Waals surface area contributed by atoms with E-state index in [1.165, 1.54) is 6.26 Å². The number of hydrogen-bond acceptors (Lipinski definition) is 5. The number of sulfonamides is 1. The van der Waals surface area contributed by atoms with Gasteiger partial charge in [-0.3, -0.25) is 4.68 Å². The Hall–Kier alpha value is -0.960. The molecule has 0 radical (unpaired) electrons. The van der Waals surface area contributed by atoms with E-state index in [0.717, 1.165) is 25.8 Å². The maximum Gasteiger partial charge on any atom is 0.211 e. The fourth-order valence-electron chi connectivity index (χ4n) is 3.29. The van der Waals surface area contributed by atoms with Gasteiger partial charge in [0.1, 0.15) is 6.10 Å². The van der Waals surface area contributed by atoms with E-state index in [-0.39, 0.29) is 18.2 Å². The number of rotatable bonds is 6. The van der Waals surface area contributed by atoms with E-state index in [1.807, 2.05) is 16.9 Å². The molecule has 124 valence electrons. The molecule has 0 bridgehead atoms. The van der Waals surface area contributed by atoms with E-state index in [1.54, 1.807) is 10.5 Å². The summed E-state index contributed by atoms with van der Waals surface area (Å²) in [6, 6.07) is 1.82. The van der Waals surface area contributed by atoms with Crippen molar-refractivity contribution in [3.8, 4) is 0 Å². The van der Waals surface area contributed by atoms with Crippen LogP contribution in [0.5, 0.6) is 0 Å². The Morgan fingerprint density at radius 3 is 3.05 bits per heavy atom. The Bertz CT molecular complexity index is 575. The molecular formula is C14H23N3O4S. The first-order valence-electron chi connectivity index (χ1n) is 7.73. The van der Waals surface area contributed by atoms with E-state index >= 15 is 0 Å². The zero-order valence-corrected chi connectivity index (χ0v) is 13.6. The normalized spacial score (nSPS) is 29.6. The number of hydrogen-bond donors (Lipinski definition) is 0. The van der Waals surface area contributed by atoms with Crippen molar-refractivity contribution in [3.63, 3.8) is 0 Å². The summed E-state index contributed by atoms with van der Waals surface area (Å²) in [5.74, 6) is 0. The molecule has 2 aliphatic heterocycles. The quantitative estimate of drug-likeness (QED) is 0.710. The van der Waals surface area contributed by atoms with E-state index in [2.05, 4.69) is 5.10 Å². The lowest BCUT2D eigenvalue weighted by Crippen LogP contribution is -2.43. The summed E-state index contributed by atoms with van der Waals surface area (Å²) in [7, 11) is -3.21. The van der Waals surface area contributed by atoms with Gasteiger partial charge in [0.25, 0.3) is 0 Å². The molecule has 1 aromatic heterocycles. The molecule has 0 N–H and O–H groups in total. The van der Waals surface area contributed by atoms with Crippen molar-refractivity contribution >= 4 is 10.0 Å². The van der Waals surface area contributed by atoms with Crippen LogP contribution in [0.1, 0.15) is 19.3 Å². The minimum absolute atomic E-state index is 0.0696. The van der Waals surface area contributed by atoms with Crippen LogP contribution in [0.4, 0.5) is 0 Å². The van der Waals surface area contributed by atoms with E-state index in [0.29, 0.717) is 19.8 Å². The van der Waals surface area contributed by atoms with Gasteiger partial charge in [0, 0.05) is 38.7 Å². The van der Waals surface area contributed by atoms with Crippen LogP contribution in [-0.4, -0.2) is 66.8 Å². The predicted molar refractivity (Wildman–Crippen MR) is 80.9 cm³/mol. The van der Waals surface area contributed by atoms with Crippen molar-refractivity contribution < 1.29 is 17.9 Å². The van der Waals surface area contributed by atoms with Crippen molar-refractivity contribution in [2.24, 2.45) is 0 Å². The lowest BCUT2D eigenvalue weighted by atomic mass is 10.0. The topological polar surface area (TPSA) is 73.7 Å². The molecule has 7 nitrogen and oxygen atoms in total. The van der Waals surface area contributed by atoms with Crippen molar-refractivity contribution in [3.05, 3.63) is 18.5 Å². The van der Waals surface area contributed by atoms with Crippen LogP contribution in [0.2, 0.25) is 0 Å². The van der Waals surface area contributed by atoms with Crippen LogP contribution in [0.15, 0.2) is 18.5 Å². The van der Waals surface area contributed by atoms with Crippen molar-refractivity contribution in [1.82, 2.24) is 14.1 Å². The zero-order chi connectivity index (χ0) is 15.6. The predicted octanol–water partition coefficient (Wildman–Crippen LogP) is 0.481. The molecule has 0 spiro atoms. The fourth-order valence-corrected chi connectivity index (χ4v) is 4.42. The number of aromatic nitrogens is 2. The van der Waals surface area contributed by atoms with Gasteiger partial charge in [0.2, 0.25) is 10.0 Å². The summed E-state index contributed by atoms with van der Waals surface area (Å²) >= 11 is 0. The molecule has 0 aliphatic carbocycles. The molecule has 3 rings (SSSR count). The smallest absolute Gasteiger partial charge is 0.211 e. The maximum atomic E-state index is 11.9. The second-order valence-electron chi connectivity index (χ2n) is 5.91. The van der Waals surface area contributed by atoms with Crippen LogP contribution in [0, 0.1) is 0 Å². The van der Waals surface area contributed by atoms with Crippen LogP contribution >= 0.6 is 0 Å². The first-order valence-corrected chi connectivity index (χ1v) is 9.58. The third kappa shape index (κ3) is 3.51. The van der Waals surface area contributed by atoms with E-state index in [9.17, 15) is 8.42 Å². The third-order valence-corrected chi connectivity index (χ3v) is 5.55. The van der Waals surface area contributed by atoms with Gasteiger partial charge in [-0.2, -0.15) is 9.40 Å². The number of fused-ring (bicyclic) bond motifs is 1. The minimum Gasteiger partial charge on any atom is -0.374 e. The molecule has 2 fully saturated rings. The number of nitrogens with zero attached hydrogens (tertiary/aromatic N) is 3. The molecule has 3 heterocycles. The summed E-state index contributed by atoms with van der Waals surface area (Å²) in [6.45, 7) is 2.46. The molecule has 8 heteroatoms. The Morgan fingerprint density at radius 1 is 1.45 bits per heavy atom. The lowest BCUT2D eigenvalue weighted by molar-refractivity contribution is -0.0760. The van der Waals surface area contributed by atoms with Crippen molar-refractivity contribution in [2.75, 3.05) is 26.0 Å². The molecule has 3 atom stereocenters. The highest BCUT2D eigenvalue weighted by atomic mass is 32.2. The first kappa shape index (κ1) is 15.9. The summed E-state index contributed by atoms with van der Waals surface area (Å²) in [5, 5.41) is 4.14. The highest BCUT2D eigenvalue weighted by Gasteiger charge is 2.48. The average molecular weight is 329 g/mol. The van der Waals surface area contributed by atoms with Crippen molar-refractivity contribution in [2.45, 2.75) is 44.1 Å². The Labute approximate surface area is 131 Å². The average Bonchev–Trinajstić information content (AvgIpc) is 3.11. The minimum atomic E-state index is -3.21. The van der Waals surface area contributed by atoms with Crippen LogP contribution in [0.3, 0.4) is 0 Å². The van der Waals surface area contributed by atoms with Crippen LogP contribution in [-0.2, 0) is 26.0 Å². The second kappa shape index (κ2) is 6.66. The highest BCUT2D eigenvalue weighted by Crippen LogP contribution is 2.32. The lowest BCUT2D eigenvalue weighted by Gasteiger charge is -2.31. The van der Waals surface area contributed by atoms with E-state index in [4.69, 9.17) is 9.47 Å². The van der Waals surface area contributed by atoms with Gasteiger partial charge in [0.05, 0.1) is 18.4 Å². The monoisotopic (exact) mass is 329 g/mol. The van der Waals surface area contributed by atoms with Crippen LogP contribution in [0.25, 0.3) is 0 Å². The molecule has 0 amide bonds. The molecule has 0 unspecified atom stereocenters. The van der Waals surface area contributed by atoms with E-state index < -0.39 is 10.0 Å². The summed E-state index contributed by atoms with van der Waals surface area (Å²) in [5.41, 5.74) is 0. The van der Waals surface area contributed by atoms with Gasteiger partial charge < -0.3 is 9.47 Å². The van der Waals surface area contributed by atoms with Gasteiger partial charge in [-0.1, -0.05) is 0 Å². The van der Waals surface area contributed by atoms with Gasteiger partial charge in [-0.25, -0.2) is 8.42 Å². The standard InChI is InChI=1S/C14H23N3O4S/c1-22(18,19)17-11-13(14-12(17)5-2-9-21-14)20-10-4-8-16-7-3-6-15-16/h3,6-7,12-14H,2,4-5,8-11H2,1H3/t12-,13-,14+/m1/s1. The Kier molecular flexibility index (Phi) is 4.82. The van der Waals surface area contributed by atoms with Gasteiger partial charge in [0.15, 0.2) is 0 Å². The molecule has 2 aliphatic rings. The zero-order valence-electron chi connectivity index (χ0n) is 12.8. The molecule has 22 heavy (non-hydrogen) atoms. The fraction of sp³-hybridized carbons (Fsp3) is 0.786. The SMILES string of the molecule is CS(=O)(=O)N1C[C@@H](OCCCn2cccn2)[C@H]2OCCC[C@H]21. The summed E-state index contributed by atoms with van der Waals surface area (Å²) in [6.07, 6.45) is 7.23. The second-order valence-corrected chi connectivity index (χ2v) is 7.84. The Balaban J connectivity index is 1.54. The Morgan fingerprint density at radius 2 is 2.32 bits per heavy atom. The van der Waals surface area contributed by atoms with Crippen molar-refractivity contribution in [1.29, 1.82) is 0 Å². The maximum absolute atomic E-state index is 11.9. The molecule has 0 aromatic carbocycles. The number of ether oxygens (including phenoxy) is 2. The third-order valence-electron chi connectivity index (χ3n) is 4.28. The molecule has 2 saturated heterocycles. The summed E-state index contributed by atoms with van der Waals surface area (Å²) < 4.78 is 39.0. The summed E-state index contributed by atoms with van der Waals surface area (Å²) in [4.78, 5) is 0. The van der Waals surface area contributed by atoms with Crippen LogP contribution < -0.4 is 0 Å².